The number of benzene rings is 2. The summed E-state index contributed by atoms with van der Waals surface area (Å²) in [7, 11) is 0. The van der Waals surface area contributed by atoms with Crippen LogP contribution in [0.2, 0.25) is 0 Å². The molecular formula is C20H18FNO3. The van der Waals surface area contributed by atoms with Crippen molar-refractivity contribution < 1.29 is 19.1 Å². The number of nitrogens with zero attached hydrogens (tertiary/aromatic N) is 1. The number of carbonyl (C=O) groups is 2. The normalized spacial score (nSPS) is 24.5. The van der Waals surface area contributed by atoms with Gasteiger partial charge in [-0.1, -0.05) is 36.4 Å². The zero-order valence-corrected chi connectivity index (χ0v) is 13.6. The van der Waals surface area contributed by atoms with Gasteiger partial charge in [0, 0.05) is 18.9 Å². The minimum atomic E-state index is -0.981. The molecule has 1 aliphatic carbocycles. The van der Waals surface area contributed by atoms with Gasteiger partial charge in [0.05, 0.1) is 0 Å². The highest BCUT2D eigenvalue weighted by Gasteiger charge is 2.48. The Morgan fingerprint density at radius 3 is 2.56 bits per heavy atom. The Kier molecular flexibility index (Phi) is 3.79. The number of rotatable bonds is 3. The molecule has 0 spiro atoms. The topological polar surface area (TPSA) is 57.6 Å². The maximum atomic E-state index is 13.4. The summed E-state index contributed by atoms with van der Waals surface area (Å²) in [5.74, 6) is -1.71. The van der Waals surface area contributed by atoms with Crippen LogP contribution >= 0.6 is 0 Å². The standard InChI is InChI=1S/C20H18FNO3/c21-15-7-3-6-13(8-15)16-10-17(16)19(23)22-11-14-5-2-1-4-12(14)9-18(22)20(24)25/h1-8,16-18H,9-11H2,(H,24,25). The number of fused-ring (bicyclic) bond motifs is 1. The lowest BCUT2D eigenvalue weighted by atomic mass is 9.93. The molecule has 4 rings (SSSR count). The first-order chi connectivity index (χ1) is 12.0. The van der Waals surface area contributed by atoms with E-state index in [1.807, 2.05) is 30.3 Å². The van der Waals surface area contributed by atoms with Crippen LogP contribution in [-0.4, -0.2) is 27.9 Å². The zero-order chi connectivity index (χ0) is 17.6. The molecule has 1 heterocycles. The second-order valence-electron chi connectivity index (χ2n) is 6.80. The van der Waals surface area contributed by atoms with Gasteiger partial charge >= 0.3 is 5.97 Å². The summed E-state index contributed by atoms with van der Waals surface area (Å²) < 4.78 is 13.4. The number of aliphatic carboxylic acids is 1. The zero-order valence-electron chi connectivity index (χ0n) is 13.6. The van der Waals surface area contributed by atoms with E-state index in [1.165, 1.54) is 17.0 Å². The smallest absolute Gasteiger partial charge is 0.326 e. The van der Waals surface area contributed by atoms with Crippen molar-refractivity contribution in [1.29, 1.82) is 0 Å². The van der Waals surface area contributed by atoms with Crippen molar-refractivity contribution in [1.82, 2.24) is 4.90 Å². The average molecular weight is 339 g/mol. The molecule has 0 radical (unpaired) electrons. The molecule has 0 saturated heterocycles. The lowest BCUT2D eigenvalue weighted by Crippen LogP contribution is -2.49. The third kappa shape index (κ3) is 2.90. The predicted octanol–water partition coefficient (Wildman–Crippen LogP) is 2.97. The molecule has 1 fully saturated rings. The van der Waals surface area contributed by atoms with Crippen LogP contribution < -0.4 is 0 Å². The fraction of sp³-hybridized carbons (Fsp3) is 0.300. The highest BCUT2D eigenvalue weighted by atomic mass is 19.1. The molecule has 0 bridgehead atoms. The highest BCUT2D eigenvalue weighted by Crippen LogP contribution is 2.49. The molecule has 1 N–H and O–H groups in total. The number of amides is 1. The lowest BCUT2D eigenvalue weighted by molar-refractivity contribution is -0.152. The van der Waals surface area contributed by atoms with E-state index in [0.29, 0.717) is 19.4 Å². The molecule has 1 saturated carbocycles. The summed E-state index contributed by atoms with van der Waals surface area (Å²) in [6.45, 7) is 0.318. The van der Waals surface area contributed by atoms with Crippen LogP contribution in [0.25, 0.3) is 0 Å². The van der Waals surface area contributed by atoms with Gasteiger partial charge in [-0.25, -0.2) is 9.18 Å². The first-order valence-electron chi connectivity index (χ1n) is 8.40. The molecule has 25 heavy (non-hydrogen) atoms. The monoisotopic (exact) mass is 339 g/mol. The highest BCUT2D eigenvalue weighted by molar-refractivity contribution is 5.88. The molecule has 3 atom stereocenters. The molecule has 3 unspecified atom stereocenters. The summed E-state index contributed by atoms with van der Waals surface area (Å²) >= 11 is 0. The second kappa shape index (κ2) is 5.99. The molecule has 128 valence electrons. The molecule has 1 aliphatic heterocycles. The average Bonchev–Trinajstić information content (AvgIpc) is 3.40. The SMILES string of the molecule is O=C(O)C1Cc2ccccc2CN1C(=O)C1CC1c1cccc(F)c1. The van der Waals surface area contributed by atoms with Gasteiger partial charge in [-0.15, -0.1) is 0 Å². The van der Waals surface area contributed by atoms with Gasteiger partial charge in [-0.05, 0) is 41.2 Å². The maximum absolute atomic E-state index is 13.4. The van der Waals surface area contributed by atoms with Gasteiger partial charge in [-0.3, -0.25) is 4.79 Å². The van der Waals surface area contributed by atoms with Crippen LogP contribution in [0, 0.1) is 11.7 Å². The molecule has 2 aliphatic rings. The maximum Gasteiger partial charge on any atom is 0.326 e. The summed E-state index contributed by atoms with van der Waals surface area (Å²) in [5, 5.41) is 9.56. The third-order valence-corrected chi connectivity index (χ3v) is 5.20. The van der Waals surface area contributed by atoms with E-state index in [2.05, 4.69) is 0 Å². The van der Waals surface area contributed by atoms with E-state index in [4.69, 9.17) is 0 Å². The van der Waals surface area contributed by atoms with E-state index in [1.54, 1.807) is 6.07 Å². The number of carboxylic acid groups (broad SMARTS) is 1. The molecule has 2 aromatic rings. The molecule has 5 heteroatoms. The molecular weight excluding hydrogens is 321 g/mol. The lowest BCUT2D eigenvalue weighted by Gasteiger charge is -2.34. The molecule has 0 aromatic heterocycles. The Hall–Kier alpha value is -2.69. The van der Waals surface area contributed by atoms with Crippen molar-refractivity contribution >= 4 is 11.9 Å². The Morgan fingerprint density at radius 2 is 1.84 bits per heavy atom. The van der Waals surface area contributed by atoms with Gasteiger partial charge in [0.1, 0.15) is 11.9 Å². The van der Waals surface area contributed by atoms with Crippen molar-refractivity contribution in [2.45, 2.75) is 31.3 Å². The Labute approximate surface area is 144 Å². The van der Waals surface area contributed by atoms with Gasteiger partial charge < -0.3 is 10.0 Å². The Bertz CT molecular complexity index is 850. The minimum absolute atomic E-state index is 0.0187. The van der Waals surface area contributed by atoms with Crippen LogP contribution in [0.4, 0.5) is 4.39 Å². The van der Waals surface area contributed by atoms with Gasteiger partial charge in [0.25, 0.3) is 0 Å². The van der Waals surface area contributed by atoms with Crippen molar-refractivity contribution in [3.05, 3.63) is 71.0 Å². The van der Waals surface area contributed by atoms with E-state index in [0.717, 1.165) is 16.7 Å². The van der Waals surface area contributed by atoms with Crippen LogP contribution in [0.15, 0.2) is 48.5 Å². The van der Waals surface area contributed by atoms with Crippen molar-refractivity contribution in [3.8, 4) is 0 Å². The van der Waals surface area contributed by atoms with Crippen molar-refractivity contribution in [3.63, 3.8) is 0 Å². The predicted molar refractivity (Wildman–Crippen MR) is 89.4 cm³/mol. The first-order valence-corrected chi connectivity index (χ1v) is 8.40. The number of hydrogen-bond acceptors (Lipinski definition) is 2. The van der Waals surface area contributed by atoms with Crippen LogP contribution in [0.1, 0.15) is 29.0 Å². The van der Waals surface area contributed by atoms with Gasteiger partial charge in [0.15, 0.2) is 0 Å². The summed E-state index contributed by atoms with van der Waals surface area (Å²) in [5.41, 5.74) is 2.79. The summed E-state index contributed by atoms with van der Waals surface area (Å²) in [6.07, 6.45) is 0.974. The van der Waals surface area contributed by atoms with Gasteiger partial charge in [-0.2, -0.15) is 0 Å². The number of carbonyl (C=O) groups excluding carboxylic acids is 1. The second-order valence-corrected chi connectivity index (χ2v) is 6.80. The van der Waals surface area contributed by atoms with Crippen molar-refractivity contribution in [2.24, 2.45) is 5.92 Å². The van der Waals surface area contributed by atoms with E-state index >= 15 is 0 Å². The minimum Gasteiger partial charge on any atom is -0.480 e. The van der Waals surface area contributed by atoms with Crippen LogP contribution in [0.5, 0.6) is 0 Å². The molecule has 1 amide bonds. The van der Waals surface area contributed by atoms with Gasteiger partial charge in [0.2, 0.25) is 5.91 Å². The number of halogens is 1. The third-order valence-electron chi connectivity index (χ3n) is 5.20. The van der Waals surface area contributed by atoms with Crippen LogP contribution in [0.3, 0.4) is 0 Å². The number of hydrogen-bond donors (Lipinski definition) is 1. The Morgan fingerprint density at radius 1 is 1.08 bits per heavy atom. The molecule has 2 aromatic carbocycles. The number of carboxylic acids is 1. The summed E-state index contributed by atoms with van der Waals surface area (Å²) in [6, 6.07) is 13.1. The fourth-order valence-corrected chi connectivity index (χ4v) is 3.76. The van der Waals surface area contributed by atoms with E-state index in [9.17, 15) is 19.1 Å². The quantitative estimate of drug-likeness (QED) is 0.935. The van der Waals surface area contributed by atoms with E-state index < -0.39 is 12.0 Å². The van der Waals surface area contributed by atoms with Crippen molar-refractivity contribution in [2.75, 3.05) is 0 Å². The summed E-state index contributed by atoms with van der Waals surface area (Å²) in [4.78, 5) is 26.1. The molecule has 4 nitrogen and oxygen atoms in total. The largest absolute Gasteiger partial charge is 0.480 e. The fourth-order valence-electron chi connectivity index (χ4n) is 3.76. The Balaban J connectivity index is 1.56. The van der Waals surface area contributed by atoms with E-state index in [-0.39, 0.29) is 23.6 Å². The first kappa shape index (κ1) is 15.8. The van der Waals surface area contributed by atoms with Crippen LogP contribution in [-0.2, 0) is 22.6 Å².